The highest BCUT2D eigenvalue weighted by Gasteiger charge is 2.09. The van der Waals surface area contributed by atoms with Gasteiger partial charge in [0.15, 0.2) is 0 Å². The second-order valence-corrected chi connectivity index (χ2v) is 4.76. The molecule has 1 rings (SSSR count). The van der Waals surface area contributed by atoms with Crippen LogP contribution in [-0.4, -0.2) is 30.7 Å². The molecule has 0 radical (unpaired) electrons. The molecule has 0 aliphatic carbocycles. The summed E-state index contributed by atoms with van der Waals surface area (Å²) in [7, 11) is 3.86. The van der Waals surface area contributed by atoms with Crippen LogP contribution in [0.3, 0.4) is 0 Å². The van der Waals surface area contributed by atoms with Gasteiger partial charge in [0.1, 0.15) is 5.82 Å². The Morgan fingerprint density at radius 3 is 2.26 bits per heavy atom. The van der Waals surface area contributed by atoms with Gasteiger partial charge < -0.3 is 4.90 Å². The van der Waals surface area contributed by atoms with Crippen LogP contribution in [0.15, 0.2) is 48.7 Å². The largest absolute Gasteiger partial charge is 0.353 e. The molecule has 104 valence electrons. The molecular formula is C15H22FN3. The highest BCUT2D eigenvalue weighted by molar-refractivity contribution is 5.24. The minimum absolute atomic E-state index is 0.222. The van der Waals surface area contributed by atoms with Crippen LogP contribution in [0.5, 0.6) is 0 Å². The lowest BCUT2D eigenvalue weighted by Crippen LogP contribution is -2.40. The van der Waals surface area contributed by atoms with E-state index in [1.165, 1.54) is 12.1 Å². The molecule has 0 atom stereocenters. The third-order valence-electron chi connectivity index (χ3n) is 2.74. The molecule has 0 saturated carbocycles. The van der Waals surface area contributed by atoms with E-state index >= 15 is 0 Å². The first kappa shape index (κ1) is 15.4. The minimum atomic E-state index is -0.222. The van der Waals surface area contributed by atoms with Crippen LogP contribution in [0.4, 0.5) is 4.39 Å². The number of allylic oxidation sites excluding steroid dienone is 1. The summed E-state index contributed by atoms with van der Waals surface area (Å²) in [4.78, 5) is 2.07. The zero-order valence-electron chi connectivity index (χ0n) is 11.9. The number of nitrogens with one attached hydrogen (secondary N) is 1. The third kappa shape index (κ3) is 5.24. The van der Waals surface area contributed by atoms with Gasteiger partial charge in [-0.05, 0) is 30.2 Å². The summed E-state index contributed by atoms with van der Waals surface area (Å²) >= 11 is 0. The van der Waals surface area contributed by atoms with Crippen molar-refractivity contribution in [3.8, 4) is 0 Å². The second-order valence-electron chi connectivity index (χ2n) is 4.76. The maximum Gasteiger partial charge on any atom is 0.123 e. The molecule has 1 aromatic rings. The summed E-state index contributed by atoms with van der Waals surface area (Å²) in [5.41, 5.74) is 6.02. The van der Waals surface area contributed by atoms with Crippen LogP contribution in [0.25, 0.3) is 0 Å². The quantitative estimate of drug-likeness (QED) is 0.463. The molecule has 3 nitrogen and oxygen atoms in total. The van der Waals surface area contributed by atoms with Crippen molar-refractivity contribution in [3.05, 3.63) is 60.1 Å². The number of hydrogen-bond donors (Lipinski definition) is 1. The molecule has 0 heterocycles. The summed E-state index contributed by atoms with van der Waals surface area (Å²) in [5, 5.41) is 1.88. The Bertz CT molecular complexity index is 437. The third-order valence-corrected chi connectivity index (χ3v) is 2.74. The Morgan fingerprint density at radius 1 is 1.21 bits per heavy atom. The number of nitrogens with zero attached hydrogens (tertiary/aromatic N) is 2. The Hall–Kier alpha value is -1.65. The van der Waals surface area contributed by atoms with Gasteiger partial charge >= 0.3 is 0 Å². The number of halogens is 1. The van der Waals surface area contributed by atoms with E-state index in [4.69, 9.17) is 0 Å². The topological polar surface area (TPSA) is 18.5 Å². The average Bonchev–Trinajstić information content (AvgIpc) is 2.35. The van der Waals surface area contributed by atoms with Crippen molar-refractivity contribution in [3.63, 3.8) is 0 Å². The van der Waals surface area contributed by atoms with Gasteiger partial charge in [0.2, 0.25) is 0 Å². The zero-order chi connectivity index (χ0) is 14.4. The normalized spacial score (nSPS) is 10.6. The maximum absolute atomic E-state index is 12.9. The Kier molecular flexibility index (Phi) is 5.73. The highest BCUT2D eigenvalue weighted by Crippen LogP contribution is 2.14. The molecule has 0 saturated heterocycles. The second kappa shape index (κ2) is 7.07. The fourth-order valence-electron chi connectivity index (χ4n) is 1.55. The number of hydrogen-bond acceptors (Lipinski definition) is 3. The van der Waals surface area contributed by atoms with Gasteiger partial charge in [-0.3, -0.25) is 0 Å². The summed E-state index contributed by atoms with van der Waals surface area (Å²) in [5.74, 6) is -0.222. The van der Waals surface area contributed by atoms with Gasteiger partial charge in [-0.1, -0.05) is 25.3 Å². The van der Waals surface area contributed by atoms with Gasteiger partial charge in [-0.15, -0.1) is 0 Å². The minimum Gasteiger partial charge on any atom is -0.353 e. The van der Waals surface area contributed by atoms with E-state index in [2.05, 4.69) is 23.5 Å². The van der Waals surface area contributed by atoms with Crippen LogP contribution < -0.4 is 5.43 Å². The van der Waals surface area contributed by atoms with Crippen molar-refractivity contribution in [1.29, 1.82) is 0 Å². The average molecular weight is 263 g/mol. The highest BCUT2D eigenvalue weighted by atomic mass is 19.1. The summed E-state index contributed by atoms with van der Waals surface area (Å²) in [6, 6.07) is 6.50. The lowest BCUT2D eigenvalue weighted by Gasteiger charge is -2.29. The smallest absolute Gasteiger partial charge is 0.123 e. The predicted molar refractivity (Wildman–Crippen MR) is 77.6 cm³/mol. The van der Waals surface area contributed by atoms with Gasteiger partial charge in [0.25, 0.3) is 0 Å². The van der Waals surface area contributed by atoms with E-state index < -0.39 is 0 Å². The summed E-state index contributed by atoms with van der Waals surface area (Å²) in [6.45, 7) is 11.2. The van der Waals surface area contributed by atoms with Crippen LogP contribution in [0.1, 0.15) is 12.5 Å². The van der Waals surface area contributed by atoms with Crippen molar-refractivity contribution >= 4 is 0 Å². The van der Waals surface area contributed by atoms with Crippen LogP contribution in [-0.2, 0) is 6.54 Å². The Labute approximate surface area is 115 Å². The van der Waals surface area contributed by atoms with Crippen molar-refractivity contribution in [1.82, 2.24) is 15.3 Å². The zero-order valence-corrected chi connectivity index (χ0v) is 11.9. The van der Waals surface area contributed by atoms with Crippen LogP contribution >= 0.6 is 0 Å². The molecule has 0 unspecified atom stereocenters. The van der Waals surface area contributed by atoms with Gasteiger partial charge in [-0.2, -0.15) is 0 Å². The van der Waals surface area contributed by atoms with Crippen molar-refractivity contribution in [2.45, 2.75) is 13.5 Å². The number of hydrazine groups is 1. The molecule has 0 aliphatic rings. The molecule has 19 heavy (non-hydrogen) atoms. The van der Waals surface area contributed by atoms with Crippen molar-refractivity contribution < 1.29 is 4.39 Å². The lowest BCUT2D eigenvalue weighted by atomic mass is 10.2. The SMILES string of the molecule is C=C(C)C(=C)N(CNN(C)C)Cc1ccc(F)cc1. The van der Waals surface area contributed by atoms with Crippen molar-refractivity contribution in [2.75, 3.05) is 20.8 Å². The lowest BCUT2D eigenvalue weighted by molar-refractivity contribution is 0.201. The first-order valence-electron chi connectivity index (χ1n) is 6.15. The molecule has 4 heteroatoms. The van der Waals surface area contributed by atoms with Gasteiger partial charge in [0, 0.05) is 26.3 Å². The van der Waals surface area contributed by atoms with E-state index in [1.807, 2.05) is 26.0 Å². The first-order chi connectivity index (χ1) is 8.90. The standard InChI is InChI=1S/C15H22FN3/c1-12(2)13(3)19(11-17-18(4)5)10-14-6-8-15(16)9-7-14/h6-9,17H,1,3,10-11H2,2,4-5H3. The summed E-state index contributed by atoms with van der Waals surface area (Å²) < 4.78 is 12.9. The molecular weight excluding hydrogens is 241 g/mol. The van der Waals surface area contributed by atoms with E-state index in [1.54, 1.807) is 12.1 Å². The number of benzene rings is 1. The van der Waals surface area contributed by atoms with E-state index in [-0.39, 0.29) is 5.82 Å². The first-order valence-corrected chi connectivity index (χ1v) is 6.15. The molecule has 1 N–H and O–H groups in total. The molecule has 1 aromatic carbocycles. The molecule has 0 amide bonds. The Balaban J connectivity index is 2.75. The Morgan fingerprint density at radius 2 is 1.79 bits per heavy atom. The summed E-state index contributed by atoms with van der Waals surface area (Å²) in [6.07, 6.45) is 0. The van der Waals surface area contributed by atoms with E-state index in [9.17, 15) is 4.39 Å². The molecule has 0 aromatic heterocycles. The van der Waals surface area contributed by atoms with E-state index in [0.29, 0.717) is 13.2 Å². The van der Waals surface area contributed by atoms with Crippen LogP contribution in [0, 0.1) is 5.82 Å². The van der Waals surface area contributed by atoms with Crippen LogP contribution in [0.2, 0.25) is 0 Å². The molecule has 0 aliphatic heterocycles. The molecule has 0 fully saturated rings. The van der Waals surface area contributed by atoms with E-state index in [0.717, 1.165) is 16.8 Å². The monoisotopic (exact) mass is 263 g/mol. The van der Waals surface area contributed by atoms with Gasteiger partial charge in [-0.25, -0.2) is 14.8 Å². The fourth-order valence-corrected chi connectivity index (χ4v) is 1.55. The fraction of sp³-hybridized carbons (Fsp3) is 0.333. The molecule has 0 spiro atoms. The maximum atomic E-state index is 12.9. The predicted octanol–water partition coefficient (Wildman–Crippen LogP) is 2.74. The van der Waals surface area contributed by atoms with Crippen molar-refractivity contribution in [2.24, 2.45) is 0 Å². The van der Waals surface area contributed by atoms with Gasteiger partial charge in [0.05, 0.1) is 6.67 Å². The number of rotatable bonds is 7. The molecule has 0 bridgehead atoms.